The van der Waals surface area contributed by atoms with Gasteiger partial charge in [0.2, 0.25) is 0 Å². The number of aromatic nitrogens is 4. The monoisotopic (exact) mass is 545 g/mol. The summed E-state index contributed by atoms with van der Waals surface area (Å²) in [5.41, 5.74) is 4.48. The molecule has 2 aromatic carbocycles. The Bertz CT molecular complexity index is 1840. The molecule has 9 nitrogen and oxygen atoms in total. The van der Waals surface area contributed by atoms with E-state index in [1.54, 1.807) is 36.7 Å². The molecule has 3 aromatic heterocycles. The molecule has 1 aliphatic carbocycles. The van der Waals surface area contributed by atoms with Crippen molar-refractivity contribution in [3.63, 3.8) is 0 Å². The number of carbonyl (C=O) groups excluding carboxylic acids is 1. The second-order valence-corrected chi connectivity index (χ2v) is 10.7. The molecule has 0 radical (unpaired) electrons. The average molecular weight is 546 g/mol. The van der Waals surface area contributed by atoms with E-state index < -0.39 is 5.76 Å². The fourth-order valence-corrected chi connectivity index (χ4v) is 5.79. The van der Waals surface area contributed by atoms with Crippen LogP contribution in [0, 0.1) is 12.8 Å². The first-order valence-corrected chi connectivity index (χ1v) is 13.4. The van der Waals surface area contributed by atoms with Gasteiger partial charge in [-0.2, -0.15) is 0 Å². The lowest BCUT2D eigenvalue weighted by Gasteiger charge is -2.29. The fraction of sp³-hybridized carbons (Fsp3) is 0.310. The molecular formula is C29H28ClN5O4. The Labute approximate surface area is 228 Å². The molecule has 1 saturated carbocycles. The summed E-state index contributed by atoms with van der Waals surface area (Å²) in [6.45, 7) is 2.39. The van der Waals surface area contributed by atoms with Crippen LogP contribution >= 0.6 is 11.6 Å². The van der Waals surface area contributed by atoms with Crippen molar-refractivity contribution < 1.29 is 9.21 Å². The molecule has 3 heterocycles. The quantitative estimate of drug-likeness (QED) is 0.348. The molecule has 0 aliphatic heterocycles. The lowest BCUT2D eigenvalue weighted by Crippen LogP contribution is -2.39. The number of hydrogen-bond donors (Lipinski definition) is 1. The Morgan fingerprint density at radius 3 is 2.56 bits per heavy atom. The summed E-state index contributed by atoms with van der Waals surface area (Å²) in [4.78, 5) is 42.7. The lowest BCUT2D eigenvalue weighted by molar-refractivity contribution is 0.0919. The smallest absolute Gasteiger partial charge is 0.408 e. The SMILES string of the molecule is Cc1ncc(Cl)cc1C(=O)NC1CCC(Cn2c(=O)n(-c3ccc4oc(=O)n(C)c4c3)c3ccccc32)CC1. The highest BCUT2D eigenvalue weighted by atomic mass is 35.5. The van der Waals surface area contributed by atoms with Crippen LogP contribution in [0.5, 0.6) is 0 Å². The third kappa shape index (κ3) is 4.57. The standard InChI is InChI=1S/C29H28ClN5O4/c1-17-22(13-19(30)15-31-17)27(36)32-20-9-7-18(8-10-20)16-34-23-5-3-4-6-24(23)35(28(34)37)21-11-12-26-25(14-21)33(2)29(38)39-26/h3-6,11-15,18,20H,7-10,16H2,1-2H3,(H,32,36). The van der Waals surface area contributed by atoms with Crippen LogP contribution in [-0.2, 0) is 13.6 Å². The average Bonchev–Trinajstić information content (AvgIpc) is 3.38. The normalized spacial score (nSPS) is 17.6. The second kappa shape index (κ2) is 9.89. The van der Waals surface area contributed by atoms with Crippen molar-refractivity contribution in [2.75, 3.05) is 0 Å². The van der Waals surface area contributed by atoms with Gasteiger partial charge >= 0.3 is 11.4 Å². The van der Waals surface area contributed by atoms with Gasteiger partial charge in [0.15, 0.2) is 5.58 Å². The Balaban J connectivity index is 1.22. The lowest BCUT2D eigenvalue weighted by atomic mass is 9.85. The zero-order valence-corrected chi connectivity index (χ0v) is 22.4. The zero-order valence-electron chi connectivity index (χ0n) is 21.7. The first-order chi connectivity index (χ1) is 18.8. The van der Waals surface area contributed by atoms with Crippen LogP contribution < -0.4 is 16.8 Å². The molecule has 6 rings (SSSR count). The van der Waals surface area contributed by atoms with Crippen molar-refractivity contribution in [3.8, 4) is 5.69 Å². The van der Waals surface area contributed by atoms with Gasteiger partial charge < -0.3 is 9.73 Å². The largest absolute Gasteiger partial charge is 0.419 e. The predicted octanol–water partition coefficient (Wildman–Crippen LogP) is 4.58. The fourth-order valence-electron chi connectivity index (χ4n) is 5.64. The summed E-state index contributed by atoms with van der Waals surface area (Å²) in [5.74, 6) is -0.290. The minimum Gasteiger partial charge on any atom is -0.408 e. The van der Waals surface area contributed by atoms with Crippen LogP contribution in [0.2, 0.25) is 5.02 Å². The second-order valence-electron chi connectivity index (χ2n) is 10.3. The number of carbonyl (C=O) groups is 1. The molecule has 1 amide bonds. The minimum absolute atomic E-state index is 0.0681. The molecule has 39 heavy (non-hydrogen) atoms. The van der Waals surface area contributed by atoms with Gasteiger partial charge in [0, 0.05) is 25.8 Å². The van der Waals surface area contributed by atoms with Gasteiger partial charge in [-0.3, -0.25) is 23.5 Å². The maximum Gasteiger partial charge on any atom is 0.419 e. The number of oxazole rings is 1. The third-order valence-electron chi connectivity index (χ3n) is 7.79. The predicted molar refractivity (Wildman–Crippen MR) is 150 cm³/mol. The number of nitrogens with one attached hydrogen (secondary N) is 1. The summed E-state index contributed by atoms with van der Waals surface area (Å²) in [5, 5.41) is 3.57. The number of halogens is 1. The van der Waals surface area contributed by atoms with Gasteiger partial charge in [0.05, 0.1) is 38.5 Å². The van der Waals surface area contributed by atoms with E-state index in [1.807, 2.05) is 34.9 Å². The van der Waals surface area contributed by atoms with Crippen LogP contribution in [0.25, 0.3) is 27.8 Å². The van der Waals surface area contributed by atoms with Crippen molar-refractivity contribution in [1.82, 2.24) is 24.0 Å². The molecule has 1 N–H and O–H groups in total. The first kappa shape index (κ1) is 25.2. The van der Waals surface area contributed by atoms with E-state index in [-0.39, 0.29) is 17.6 Å². The van der Waals surface area contributed by atoms with E-state index in [9.17, 15) is 14.4 Å². The van der Waals surface area contributed by atoms with Gasteiger partial charge in [-0.25, -0.2) is 9.59 Å². The van der Waals surface area contributed by atoms with Gasteiger partial charge in [-0.05, 0) is 74.9 Å². The van der Waals surface area contributed by atoms with Crippen molar-refractivity contribution in [3.05, 3.63) is 92.0 Å². The van der Waals surface area contributed by atoms with Crippen LogP contribution in [0.4, 0.5) is 0 Å². The summed E-state index contributed by atoms with van der Waals surface area (Å²) in [7, 11) is 1.65. The van der Waals surface area contributed by atoms with Gasteiger partial charge in [-0.15, -0.1) is 0 Å². The number of para-hydroxylation sites is 2. The Morgan fingerprint density at radius 2 is 1.79 bits per heavy atom. The van der Waals surface area contributed by atoms with Gasteiger partial charge in [-0.1, -0.05) is 23.7 Å². The molecule has 0 bridgehead atoms. The number of rotatable bonds is 5. The van der Waals surface area contributed by atoms with Crippen molar-refractivity contribution in [2.24, 2.45) is 13.0 Å². The van der Waals surface area contributed by atoms with E-state index in [1.165, 1.54) is 10.8 Å². The molecule has 1 aliphatic rings. The van der Waals surface area contributed by atoms with E-state index in [0.717, 1.165) is 36.7 Å². The third-order valence-corrected chi connectivity index (χ3v) is 8.00. The molecule has 200 valence electrons. The number of benzene rings is 2. The number of pyridine rings is 1. The number of fused-ring (bicyclic) bond motifs is 2. The molecule has 5 aromatic rings. The van der Waals surface area contributed by atoms with Crippen LogP contribution in [-0.4, -0.2) is 30.6 Å². The van der Waals surface area contributed by atoms with Crippen molar-refractivity contribution in [2.45, 2.75) is 45.2 Å². The summed E-state index contributed by atoms with van der Waals surface area (Å²) >= 11 is 6.04. The van der Waals surface area contributed by atoms with Gasteiger partial charge in [0.1, 0.15) is 0 Å². The highest BCUT2D eigenvalue weighted by molar-refractivity contribution is 6.30. The van der Waals surface area contributed by atoms with E-state index in [2.05, 4.69) is 10.3 Å². The van der Waals surface area contributed by atoms with Crippen LogP contribution in [0.1, 0.15) is 41.7 Å². The molecule has 0 unspecified atom stereocenters. The zero-order chi connectivity index (χ0) is 27.3. The van der Waals surface area contributed by atoms with E-state index in [4.69, 9.17) is 16.0 Å². The Morgan fingerprint density at radius 1 is 1.05 bits per heavy atom. The number of amides is 1. The first-order valence-electron chi connectivity index (χ1n) is 13.0. The van der Waals surface area contributed by atoms with Crippen LogP contribution in [0.3, 0.4) is 0 Å². The molecule has 0 spiro atoms. The van der Waals surface area contributed by atoms with Gasteiger partial charge in [0.25, 0.3) is 5.91 Å². The minimum atomic E-state index is -0.442. The molecule has 1 fully saturated rings. The van der Waals surface area contributed by atoms with Crippen molar-refractivity contribution >= 4 is 39.6 Å². The molecule has 10 heteroatoms. The maximum atomic E-state index is 13.8. The number of hydrogen-bond acceptors (Lipinski definition) is 5. The van der Waals surface area contributed by atoms with E-state index in [0.29, 0.717) is 45.5 Å². The Kier molecular flexibility index (Phi) is 6.38. The summed E-state index contributed by atoms with van der Waals surface area (Å²) < 4.78 is 10.2. The van der Waals surface area contributed by atoms with Crippen molar-refractivity contribution in [1.29, 1.82) is 0 Å². The number of imidazole rings is 1. The summed E-state index contributed by atoms with van der Waals surface area (Å²) in [6.07, 6.45) is 5.00. The number of nitrogens with zero attached hydrogens (tertiary/aromatic N) is 4. The number of aryl methyl sites for hydroxylation is 2. The molecule has 0 atom stereocenters. The summed E-state index contributed by atoms with van der Waals surface area (Å²) in [6, 6.07) is 14.8. The molecule has 0 saturated heterocycles. The van der Waals surface area contributed by atoms with E-state index >= 15 is 0 Å². The topological polar surface area (TPSA) is 104 Å². The van der Waals surface area contributed by atoms with Crippen LogP contribution in [0.15, 0.2) is 68.7 Å². The highest BCUT2D eigenvalue weighted by Gasteiger charge is 2.26. The molecular weight excluding hydrogens is 518 g/mol. The highest BCUT2D eigenvalue weighted by Crippen LogP contribution is 2.28. The Hall–Kier alpha value is -4.11. The maximum absolute atomic E-state index is 13.8.